The highest BCUT2D eigenvalue weighted by molar-refractivity contribution is 8.00. The first kappa shape index (κ1) is 61.4. The maximum Gasteiger partial charge on any atom is 0.315 e. The summed E-state index contributed by atoms with van der Waals surface area (Å²) < 4.78 is 0. The summed E-state index contributed by atoms with van der Waals surface area (Å²) in [5.41, 5.74) is 0.424. The lowest BCUT2D eigenvalue weighted by Crippen LogP contribution is -2.51. The van der Waals surface area contributed by atoms with E-state index in [0.717, 1.165) is 31.0 Å². The van der Waals surface area contributed by atoms with Crippen molar-refractivity contribution < 1.29 is 75.0 Å². The molecule has 7 unspecified atom stereocenters. The minimum Gasteiger partial charge on any atom is -0.394 e. The maximum absolute atomic E-state index is 13.4. The van der Waals surface area contributed by atoms with Gasteiger partial charge < -0.3 is 87.9 Å². The van der Waals surface area contributed by atoms with E-state index in [0.29, 0.717) is 42.3 Å². The highest BCUT2D eigenvalue weighted by Gasteiger charge is 2.42. The van der Waals surface area contributed by atoms with Crippen LogP contribution in [0.3, 0.4) is 0 Å². The molecule has 4 rings (SSSR count). The van der Waals surface area contributed by atoms with Crippen LogP contribution in [-0.4, -0.2) is 215 Å². The smallest absolute Gasteiger partial charge is 0.315 e. The number of aliphatic hydroxyl groups excluding tert-OH is 10. The predicted molar refractivity (Wildman–Crippen MR) is 277 cm³/mol. The number of carbonyl (C=O) groups is 5. The highest BCUT2D eigenvalue weighted by atomic mass is 32.2. The van der Waals surface area contributed by atoms with Gasteiger partial charge in [0.15, 0.2) is 0 Å². The summed E-state index contributed by atoms with van der Waals surface area (Å²) in [6, 6.07) is 12.5. The van der Waals surface area contributed by atoms with Crippen molar-refractivity contribution in [2.75, 3.05) is 55.8 Å². The van der Waals surface area contributed by atoms with E-state index in [9.17, 15) is 64.8 Å². The number of aliphatic hydroxyl groups is 10. The molecule has 2 fully saturated rings. The summed E-state index contributed by atoms with van der Waals surface area (Å²) >= 11 is 1.82. The Balaban J connectivity index is 1.34. The van der Waals surface area contributed by atoms with Crippen molar-refractivity contribution in [1.29, 1.82) is 0 Å². The van der Waals surface area contributed by atoms with Crippen LogP contribution in [-0.2, 0) is 19.2 Å². The van der Waals surface area contributed by atoms with Gasteiger partial charge in [0, 0.05) is 92.2 Å². The molecular weight excluding hydrogens is 987 g/mol. The van der Waals surface area contributed by atoms with Crippen molar-refractivity contribution in [3.8, 4) is 0 Å². The third kappa shape index (κ3) is 19.8. The molecule has 2 heterocycles. The van der Waals surface area contributed by atoms with E-state index < -0.39 is 79.4 Å². The van der Waals surface area contributed by atoms with Gasteiger partial charge in [-0.2, -0.15) is 11.8 Å². The van der Waals surface area contributed by atoms with Gasteiger partial charge in [-0.1, -0.05) is 32.4 Å². The van der Waals surface area contributed by atoms with Crippen LogP contribution in [0.25, 0.3) is 0 Å². The van der Waals surface area contributed by atoms with Crippen LogP contribution in [0.4, 0.5) is 27.5 Å². The van der Waals surface area contributed by atoms with Crippen LogP contribution < -0.4 is 31.9 Å². The first-order chi connectivity index (χ1) is 35.3. The standard InChI is InChI=1S/C49H75N9O15S/c1-3-49(4-2,57-41(67)14-6-5-13-38-43-33(28-74-38)55-48(73)56-43)23-42(68)50-17-20-58(18-15-39(65)53-31-11-7-9-29(21-31)51-24-34(61)44(69)46(71)36(63)26-59)19-16-40(66)54-32-12-8-10-30(22-32)52-25-35(62)45(70)47(72)37(64)27-60/h7-12,21-22,24-25,33-38,43-47,59-64,69-72H,3-6,13-20,23,26-28H2,1-2H3,(H,50,68)(H,53,65)(H,54,66)(H,57,67)(H2,55,56,73)/b51-24-,52-25+/t33?,34?,35?,36?,37?,38?,43?,44-,45-,46+,47+/m0/s1. The molecule has 0 bridgehead atoms. The molecule has 0 saturated carbocycles. The third-order valence-corrected chi connectivity index (χ3v) is 14.5. The molecule has 16 N–H and O–H groups in total. The second-order valence-corrected chi connectivity index (χ2v) is 19.7. The number of nitrogens with one attached hydrogen (secondary N) is 6. The van der Waals surface area contributed by atoms with Gasteiger partial charge in [0.2, 0.25) is 23.6 Å². The van der Waals surface area contributed by atoms with E-state index >= 15 is 0 Å². The SMILES string of the molecule is CCC(CC)(CC(=O)NCCN(CCC(=O)Nc1cccc(/N=C\C(O)[C@H](O)[C@H](O)C(O)CO)c1)CCC(=O)Nc1cccc(/N=C/C(O)[C@H](O)[C@H](O)C(O)CO)c1)NC(=O)CCCCC1SCC2NC(=O)NC21. The van der Waals surface area contributed by atoms with Crippen LogP contribution in [0.5, 0.6) is 0 Å². The van der Waals surface area contributed by atoms with Crippen LogP contribution in [0.1, 0.15) is 71.6 Å². The number of rotatable bonds is 33. The zero-order valence-electron chi connectivity index (χ0n) is 41.7. The second-order valence-electron chi connectivity index (χ2n) is 18.5. The Bertz CT molecular complexity index is 2070. The number of hydrogen-bond donors (Lipinski definition) is 16. The van der Waals surface area contributed by atoms with Crippen molar-refractivity contribution in [1.82, 2.24) is 26.2 Å². The largest absolute Gasteiger partial charge is 0.394 e. The molecule has 2 aromatic rings. The molecule has 25 heteroatoms. The third-order valence-electron chi connectivity index (χ3n) is 13.0. The number of aliphatic imine (C=N–C) groups is 2. The van der Waals surface area contributed by atoms with Gasteiger partial charge >= 0.3 is 6.03 Å². The van der Waals surface area contributed by atoms with Crippen molar-refractivity contribution in [3.63, 3.8) is 0 Å². The monoisotopic (exact) mass is 1060 g/mol. The number of benzene rings is 2. The van der Waals surface area contributed by atoms with Gasteiger partial charge in [0.05, 0.1) is 36.7 Å². The Morgan fingerprint density at radius 1 is 0.716 bits per heavy atom. The Kier molecular flexibility index (Phi) is 25.7. The van der Waals surface area contributed by atoms with E-state index in [1.807, 2.05) is 30.5 Å². The van der Waals surface area contributed by atoms with Crippen LogP contribution in [0.2, 0.25) is 0 Å². The van der Waals surface area contributed by atoms with E-state index in [1.54, 1.807) is 36.4 Å². The van der Waals surface area contributed by atoms with Gasteiger partial charge in [0.1, 0.15) is 48.8 Å². The lowest BCUT2D eigenvalue weighted by molar-refractivity contribution is -0.126. The summed E-state index contributed by atoms with van der Waals surface area (Å²) in [7, 11) is 0. The lowest BCUT2D eigenvalue weighted by atomic mass is 9.88. The van der Waals surface area contributed by atoms with Crippen molar-refractivity contribution in [2.24, 2.45) is 9.98 Å². The van der Waals surface area contributed by atoms with Gasteiger partial charge in [-0.3, -0.25) is 29.2 Å². The number of anilines is 2. The topological polar surface area (TPSA) is 388 Å². The Hall–Kier alpha value is -5.16. The average Bonchev–Trinajstić information content (AvgIpc) is 3.96. The van der Waals surface area contributed by atoms with E-state index in [1.165, 1.54) is 12.1 Å². The zero-order valence-corrected chi connectivity index (χ0v) is 42.5. The van der Waals surface area contributed by atoms with Crippen LogP contribution >= 0.6 is 11.8 Å². The molecule has 74 heavy (non-hydrogen) atoms. The first-order valence-electron chi connectivity index (χ1n) is 24.8. The van der Waals surface area contributed by atoms with Crippen molar-refractivity contribution in [2.45, 2.75) is 143 Å². The number of hydrogen-bond acceptors (Lipinski definition) is 19. The molecule has 412 valence electrons. The summed E-state index contributed by atoms with van der Waals surface area (Å²) in [6.07, 6.45) is -8.70. The minimum atomic E-state index is -1.85. The van der Waals surface area contributed by atoms with Crippen molar-refractivity contribution in [3.05, 3.63) is 48.5 Å². The zero-order chi connectivity index (χ0) is 54.4. The predicted octanol–water partition coefficient (Wildman–Crippen LogP) is -1.47. The van der Waals surface area contributed by atoms with Crippen LogP contribution in [0, 0.1) is 0 Å². The summed E-state index contributed by atoms with van der Waals surface area (Å²) in [4.78, 5) is 74.9. The number of urea groups is 1. The second kappa shape index (κ2) is 31.0. The molecule has 2 aromatic carbocycles. The normalized spacial score (nSPS) is 20.0. The molecule has 6 amide bonds. The van der Waals surface area contributed by atoms with Gasteiger partial charge in [0.25, 0.3) is 0 Å². The number of carbonyl (C=O) groups excluding carboxylic acids is 5. The molecule has 0 aliphatic carbocycles. The van der Waals surface area contributed by atoms with E-state index in [2.05, 4.69) is 41.9 Å². The number of nitrogens with zero attached hydrogens (tertiary/aromatic N) is 3. The minimum absolute atomic E-state index is 0.0277. The fourth-order valence-electron chi connectivity index (χ4n) is 8.28. The maximum atomic E-state index is 13.4. The lowest BCUT2D eigenvalue weighted by Gasteiger charge is -2.32. The van der Waals surface area contributed by atoms with Gasteiger partial charge in [-0.25, -0.2) is 4.79 Å². The van der Waals surface area contributed by atoms with E-state index in [4.69, 9.17) is 10.2 Å². The summed E-state index contributed by atoms with van der Waals surface area (Å²) in [6.45, 7) is 2.81. The summed E-state index contributed by atoms with van der Waals surface area (Å²) in [5, 5.41) is 115. The number of thioether (sulfide) groups is 1. The molecule has 2 saturated heterocycles. The Morgan fingerprint density at radius 2 is 1.24 bits per heavy atom. The van der Waals surface area contributed by atoms with E-state index in [-0.39, 0.29) is 86.7 Å². The highest BCUT2D eigenvalue weighted by Crippen LogP contribution is 2.33. The Labute approximate surface area is 434 Å². The van der Waals surface area contributed by atoms with Crippen LogP contribution in [0.15, 0.2) is 58.5 Å². The average molecular weight is 1060 g/mol. The molecule has 2 aliphatic heterocycles. The molecule has 2 aliphatic rings. The number of amides is 6. The van der Waals surface area contributed by atoms with Gasteiger partial charge in [-0.05, 0) is 62.1 Å². The number of fused-ring (bicyclic) bond motifs is 1. The quantitative estimate of drug-likeness (QED) is 0.0220. The molecule has 0 spiro atoms. The first-order valence-corrected chi connectivity index (χ1v) is 25.9. The molecule has 0 aromatic heterocycles. The van der Waals surface area contributed by atoms with Gasteiger partial charge in [-0.15, -0.1) is 0 Å². The fraction of sp³-hybridized carbons (Fsp3) is 0.612. The fourth-order valence-corrected chi connectivity index (χ4v) is 9.83. The molecule has 11 atom stereocenters. The van der Waals surface area contributed by atoms with Crippen molar-refractivity contribution >= 4 is 76.6 Å². The Morgan fingerprint density at radius 3 is 1.74 bits per heavy atom. The number of unbranched alkanes of at least 4 members (excludes halogenated alkanes) is 1. The molecule has 24 nitrogen and oxygen atoms in total. The molecular formula is C49H75N9O15S. The molecule has 0 radical (unpaired) electrons. The summed E-state index contributed by atoms with van der Waals surface area (Å²) in [5.74, 6) is -0.399.